The molecule has 4 heteroatoms. The van der Waals surface area contributed by atoms with Crippen molar-refractivity contribution in [2.24, 2.45) is 0 Å². The molecule has 0 spiro atoms. The van der Waals surface area contributed by atoms with E-state index in [1.54, 1.807) is 19.3 Å². The Bertz CT molecular complexity index is 499. The van der Waals surface area contributed by atoms with Gasteiger partial charge in [0, 0.05) is 32.2 Å². The summed E-state index contributed by atoms with van der Waals surface area (Å²) in [7, 11) is 1.97. The maximum atomic E-state index is 9.56. The van der Waals surface area contributed by atoms with Crippen LogP contribution in [0.2, 0.25) is 0 Å². The lowest BCUT2D eigenvalue weighted by molar-refractivity contribution is 0.199. The van der Waals surface area contributed by atoms with Gasteiger partial charge in [0.1, 0.15) is 5.82 Å². The quantitative estimate of drug-likeness (QED) is 0.894. The summed E-state index contributed by atoms with van der Waals surface area (Å²) in [5, 5.41) is 9.56. The SMILES string of the molecule is C[C@H](O)c1ccnc(N(C)Cc2cccnc2)c1. The van der Waals surface area contributed by atoms with E-state index >= 15 is 0 Å². The number of hydrogen-bond acceptors (Lipinski definition) is 4. The van der Waals surface area contributed by atoms with Crippen LogP contribution in [0.25, 0.3) is 0 Å². The number of anilines is 1. The van der Waals surface area contributed by atoms with E-state index in [4.69, 9.17) is 0 Å². The normalized spacial score (nSPS) is 12.2. The highest BCUT2D eigenvalue weighted by Gasteiger charge is 2.07. The lowest BCUT2D eigenvalue weighted by atomic mass is 10.1. The Morgan fingerprint density at radius 1 is 1.33 bits per heavy atom. The average Bonchev–Trinajstić information content (AvgIpc) is 2.40. The van der Waals surface area contributed by atoms with Gasteiger partial charge in [-0.3, -0.25) is 4.98 Å². The molecule has 0 amide bonds. The van der Waals surface area contributed by atoms with Crippen molar-refractivity contribution < 1.29 is 5.11 Å². The van der Waals surface area contributed by atoms with Gasteiger partial charge >= 0.3 is 0 Å². The summed E-state index contributed by atoms with van der Waals surface area (Å²) in [5.74, 6) is 0.845. The van der Waals surface area contributed by atoms with Crippen molar-refractivity contribution in [1.29, 1.82) is 0 Å². The third-order valence-corrected chi connectivity index (χ3v) is 2.79. The topological polar surface area (TPSA) is 49.3 Å². The van der Waals surface area contributed by atoms with Gasteiger partial charge in [-0.2, -0.15) is 0 Å². The fourth-order valence-corrected chi connectivity index (χ4v) is 1.75. The van der Waals surface area contributed by atoms with E-state index in [9.17, 15) is 5.11 Å². The largest absolute Gasteiger partial charge is 0.389 e. The fraction of sp³-hybridized carbons (Fsp3) is 0.286. The van der Waals surface area contributed by atoms with Gasteiger partial charge in [0.05, 0.1) is 6.10 Å². The summed E-state index contributed by atoms with van der Waals surface area (Å²) in [6.45, 7) is 2.49. The number of aromatic nitrogens is 2. The molecule has 0 saturated carbocycles. The van der Waals surface area contributed by atoms with E-state index in [0.717, 1.165) is 23.5 Å². The molecule has 0 radical (unpaired) electrons. The van der Waals surface area contributed by atoms with Crippen molar-refractivity contribution in [2.45, 2.75) is 19.6 Å². The molecule has 18 heavy (non-hydrogen) atoms. The summed E-state index contributed by atoms with van der Waals surface area (Å²) in [4.78, 5) is 10.4. The van der Waals surface area contributed by atoms with E-state index < -0.39 is 6.10 Å². The van der Waals surface area contributed by atoms with Gasteiger partial charge in [0.15, 0.2) is 0 Å². The minimum absolute atomic E-state index is 0.474. The first-order chi connectivity index (χ1) is 8.66. The van der Waals surface area contributed by atoms with Crippen molar-refractivity contribution >= 4 is 5.82 Å². The second-order valence-corrected chi connectivity index (χ2v) is 4.34. The predicted octanol–water partition coefficient (Wildman–Crippen LogP) is 2.17. The zero-order valence-corrected chi connectivity index (χ0v) is 10.6. The Hall–Kier alpha value is -1.94. The van der Waals surface area contributed by atoms with Crippen LogP contribution in [0.15, 0.2) is 42.9 Å². The first-order valence-electron chi connectivity index (χ1n) is 5.91. The summed E-state index contributed by atoms with van der Waals surface area (Å²) < 4.78 is 0. The number of rotatable bonds is 4. The Balaban J connectivity index is 2.14. The van der Waals surface area contributed by atoms with Crippen LogP contribution in [-0.2, 0) is 6.54 Å². The molecule has 0 unspecified atom stereocenters. The van der Waals surface area contributed by atoms with Crippen molar-refractivity contribution in [3.63, 3.8) is 0 Å². The molecule has 0 saturated heterocycles. The van der Waals surface area contributed by atoms with Crippen LogP contribution in [0.1, 0.15) is 24.2 Å². The summed E-state index contributed by atoms with van der Waals surface area (Å²) in [6.07, 6.45) is 4.85. The van der Waals surface area contributed by atoms with Crippen LogP contribution in [0.5, 0.6) is 0 Å². The smallest absolute Gasteiger partial charge is 0.128 e. The van der Waals surface area contributed by atoms with Gasteiger partial charge in [0.2, 0.25) is 0 Å². The van der Waals surface area contributed by atoms with Crippen LogP contribution in [0.4, 0.5) is 5.82 Å². The summed E-state index contributed by atoms with van der Waals surface area (Å²) >= 11 is 0. The Morgan fingerprint density at radius 2 is 2.17 bits per heavy atom. The molecule has 0 aliphatic heterocycles. The van der Waals surface area contributed by atoms with Crippen LogP contribution in [0, 0.1) is 0 Å². The van der Waals surface area contributed by atoms with Gasteiger partial charge in [-0.25, -0.2) is 4.98 Å². The minimum atomic E-state index is -0.474. The molecule has 1 N–H and O–H groups in total. The molecule has 2 heterocycles. The van der Waals surface area contributed by atoms with Crippen molar-refractivity contribution in [3.05, 3.63) is 54.0 Å². The number of nitrogens with zero attached hydrogens (tertiary/aromatic N) is 3. The Kier molecular flexibility index (Phi) is 3.89. The van der Waals surface area contributed by atoms with Gasteiger partial charge < -0.3 is 10.0 Å². The molecule has 2 aromatic heterocycles. The van der Waals surface area contributed by atoms with Crippen LogP contribution in [0.3, 0.4) is 0 Å². The van der Waals surface area contributed by atoms with E-state index in [-0.39, 0.29) is 0 Å². The standard InChI is InChI=1S/C14H17N3O/c1-11(18)13-5-7-16-14(8-13)17(2)10-12-4-3-6-15-9-12/h3-9,11,18H,10H2,1-2H3/t11-/m0/s1. The van der Waals surface area contributed by atoms with Crippen molar-refractivity contribution in [2.75, 3.05) is 11.9 Å². The van der Waals surface area contributed by atoms with E-state index in [1.165, 1.54) is 0 Å². The third-order valence-electron chi connectivity index (χ3n) is 2.79. The van der Waals surface area contributed by atoms with Gasteiger partial charge in [-0.15, -0.1) is 0 Å². The van der Waals surface area contributed by atoms with Gasteiger partial charge in [0.25, 0.3) is 0 Å². The molecule has 1 atom stereocenters. The monoisotopic (exact) mass is 243 g/mol. The minimum Gasteiger partial charge on any atom is -0.389 e. The first-order valence-corrected chi connectivity index (χ1v) is 5.91. The van der Waals surface area contributed by atoms with Gasteiger partial charge in [-0.05, 0) is 36.2 Å². The summed E-state index contributed by atoms with van der Waals surface area (Å²) in [5.41, 5.74) is 2.00. The van der Waals surface area contributed by atoms with Crippen molar-refractivity contribution in [1.82, 2.24) is 9.97 Å². The second kappa shape index (κ2) is 5.60. The molecule has 0 aromatic carbocycles. The molecule has 0 aliphatic carbocycles. The zero-order valence-electron chi connectivity index (χ0n) is 10.6. The molecular weight excluding hydrogens is 226 g/mol. The molecule has 4 nitrogen and oxygen atoms in total. The molecule has 2 rings (SSSR count). The fourth-order valence-electron chi connectivity index (χ4n) is 1.75. The molecular formula is C14H17N3O. The number of aliphatic hydroxyl groups is 1. The molecule has 0 aliphatic rings. The highest BCUT2D eigenvalue weighted by Crippen LogP contribution is 2.18. The third kappa shape index (κ3) is 3.05. The maximum Gasteiger partial charge on any atom is 0.128 e. The zero-order chi connectivity index (χ0) is 13.0. The number of pyridine rings is 2. The average molecular weight is 243 g/mol. The lowest BCUT2D eigenvalue weighted by Crippen LogP contribution is -2.18. The first kappa shape index (κ1) is 12.5. The number of hydrogen-bond donors (Lipinski definition) is 1. The van der Waals surface area contributed by atoms with E-state index in [0.29, 0.717) is 0 Å². The Labute approximate surface area is 107 Å². The van der Waals surface area contributed by atoms with Crippen LogP contribution >= 0.6 is 0 Å². The highest BCUT2D eigenvalue weighted by atomic mass is 16.3. The van der Waals surface area contributed by atoms with Crippen LogP contribution in [-0.4, -0.2) is 22.1 Å². The van der Waals surface area contributed by atoms with Crippen molar-refractivity contribution in [3.8, 4) is 0 Å². The summed E-state index contributed by atoms with van der Waals surface area (Å²) in [6, 6.07) is 7.68. The van der Waals surface area contributed by atoms with E-state index in [1.807, 2.05) is 42.4 Å². The van der Waals surface area contributed by atoms with Crippen LogP contribution < -0.4 is 4.90 Å². The molecule has 2 aromatic rings. The molecule has 0 bridgehead atoms. The van der Waals surface area contributed by atoms with E-state index in [2.05, 4.69) is 9.97 Å². The second-order valence-electron chi connectivity index (χ2n) is 4.34. The predicted molar refractivity (Wildman–Crippen MR) is 71.2 cm³/mol. The highest BCUT2D eigenvalue weighted by molar-refractivity contribution is 5.41. The number of aliphatic hydroxyl groups excluding tert-OH is 1. The molecule has 94 valence electrons. The maximum absolute atomic E-state index is 9.56. The Morgan fingerprint density at radius 3 is 2.83 bits per heavy atom. The van der Waals surface area contributed by atoms with Gasteiger partial charge in [-0.1, -0.05) is 6.07 Å². The molecule has 0 fully saturated rings. The lowest BCUT2D eigenvalue weighted by Gasteiger charge is -2.19.